The van der Waals surface area contributed by atoms with E-state index in [4.69, 9.17) is 0 Å². The van der Waals surface area contributed by atoms with Gasteiger partial charge in [-0.15, -0.1) is 0 Å². The first kappa shape index (κ1) is 8.44. The van der Waals surface area contributed by atoms with Gasteiger partial charge in [0.25, 0.3) is 0 Å². The molecular weight excluding hydrogens is 228 g/mol. The van der Waals surface area contributed by atoms with Gasteiger partial charge < -0.3 is 0 Å². The van der Waals surface area contributed by atoms with Gasteiger partial charge in [-0.25, -0.2) is 0 Å². The van der Waals surface area contributed by atoms with Gasteiger partial charge in [0.15, 0.2) is 0 Å². The number of fused-ring (bicyclic) bond motifs is 7. The Kier molecular flexibility index (Phi) is 0.664. The maximum absolute atomic E-state index is 1.73. The zero-order valence-corrected chi connectivity index (χ0v) is 11.8. The minimum absolute atomic E-state index is 0.987. The Morgan fingerprint density at radius 1 is 0.316 bits per heavy atom. The van der Waals surface area contributed by atoms with Crippen LogP contribution in [0.15, 0.2) is 0 Å². The van der Waals surface area contributed by atoms with Crippen LogP contribution in [0.25, 0.3) is 0 Å². The average molecular weight is 250 g/mol. The topological polar surface area (TPSA) is 0 Å². The molecule has 9 rings (SSSR count). The van der Waals surface area contributed by atoms with Crippen molar-refractivity contribution in [2.45, 2.75) is 70.6 Å². The van der Waals surface area contributed by atoms with Crippen LogP contribution in [0.2, 0.25) is 0 Å². The highest BCUT2D eigenvalue weighted by Gasteiger charge is 3.14. The van der Waals surface area contributed by atoms with Crippen molar-refractivity contribution in [3.05, 3.63) is 0 Å². The second-order valence-electron chi connectivity index (χ2n) is 11.3. The molecule has 8 spiro atoms. The second-order valence-corrected chi connectivity index (χ2v) is 11.3. The van der Waals surface area contributed by atoms with Gasteiger partial charge in [-0.1, -0.05) is 0 Å². The van der Waals surface area contributed by atoms with E-state index in [1.165, 1.54) is 0 Å². The van der Waals surface area contributed by atoms with E-state index in [2.05, 4.69) is 0 Å². The summed E-state index contributed by atoms with van der Waals surface area (Å²) in [5.41, 5.74) is 7.95. The average Bonchev–Trinajstić information content (AvgIpc) is 3.10. The molecule has 0 radical (unpaired) electrons. The molecule has 9 saturated carbocycles. The predicted octanol–water partition coefficient (Wildman–Crippen LogP) is 4.29. The van der Waals surface area contributed by atoms with Crippen molar-refractivity contribution in [3.63, 3.8) is 0 Å². The normalized spacial score (nSPS) is 84.6. The Hall–Kier alpha value is 0. The van der Waals surface area contributed by atoms with Crippen LogP contribution in [-0.2, 0) is 0 Å². The lowest BCUT2D eigenvalue weighted by Crippen LogP contribution is -1.95. The zero-order chi connectivity index (χ0) is 11.8. The van der Waals surface area contributed by atoms with Gasteiger partial charge in [0.05, 0.1) is 0 Å². The van der Waals surface area contributed by atoms with Crippen LogP contribution in [0, 0.1) is 43.3 Å². The number of hydrogen-bond donors (Lipinski definition) is 0. The quantitative estimate of drug-likeness (QED) is 0.601. The molecule has 0 N–H and O–H groups in total. The molecule has 0 saturated heterocycles. The first-order valence-corrected chi connectivity index (χ1v) is 9.11. The zero-order valence-electron chi connectivity index (χ0n) is 11.8. The molecule has 0 unspecified atom stereocenters. The molecule has 6 atom stereocenters. The highest BCUT2D eigenvalue weighted by molar-refractivity contribution is 5.62. The van der Waals surface area contributed by atoms with Crippen molar-refractivity contribution >= 4 is 0 Å². The fourth-order valence-corrected chi connectivity index (χ4v) is 10.3. The van der Waals surface area contributed by atoms with Crippen LogP contribution in [0.3, 0.4) is 0 Å². The van der Waals surface area contributed by atoms with E-state index >= 15 is 0 Å². The summed E-state index contributed by atoms with van der Waals surface area (Å²) in [7, 11) is 0. The summed E-state index contributed by atoms with van der Waals surface area (Å²) in [5, 5.41) is 0. The van der Waals surface area contributed by atoms with Gasteiger partial charge >= 0.3 is 0 Å². The molecule has 98 valence electrons. The highest BCUT2D eigenvalue weighted by Crippen LogP contribution is 3.21. The van der Waals surface area contributed by atoms with Crippen molar-refractivity contribution in [1.29, 1.82) is 0 Å². The summed E-state index contributed by atoms with van der Waals surface area (Å²) in [6, 6.07) is 0. The van der Waals surface area contributed by atoms with Gasteiger partial charge in [-0.2, -0.15) is 0 Å². The Labute approximate surface area is 114 Å². The Balaban J connectivity index is 1.14. The van der Waals surface area contributed by atoms with Gasteiger partial charge in [0.2, 0.25) is 0 Å². The van der Waals surface area contributed by atoms with Gasteiger partial charge in [-0.3, -0.25) is 0 Å². The lowest BCUT2D eigenvalue weighted by molar-refractivity contribution is 0.484. The lowest BCUT2D eigenvalue weighted by Gasteiger charge is -1.97. The Morgan fingerprint density at radius 2 is 0.632 bits per heavy atom. The van der Waals surface area contributed by atoms with Crippen LogP contribution < -0.4 is 0 Å². The Bertz CT molecular complexity index is 624. The summed E-state index contributed by atoms with van der Waals surface area (Å²) in [5.74, 6) is 0. The van der Waals surface area contributed by atoms with E-state index in [0.29, 0.717) is 0 Å². The Morgan fingerprint density at radius 3 is 0.947 bits per heavy atom. The summed E-state index contributed by atoms with van der Waals surface area (Å²) in [6.45, 7) is 0. The largest absolute Gasteiger partial charge is 0.0465 e. The molecular formula is C19H22. The molecule has 0 heteroatoms. The summed E-state index contributed by atoms with van der Waals surface area (Å²) in [4.78, 5) is 0. The van der Waals surface area contributed by atoms with Gasteiger partial charge in [-0.05, 0) is 114 Å². The third kappa shape index (κ3) is 0.452. The van der Waals surface area contributed by atoms with Crippen LogP contribution in [0.5, 0.6) is 0 Å². The van der Waals surface area contributed by atoms with Gasteiger partial charge in [0, 0.05) is 0 Å². The molecule has 0 bridgehead atoms. The van der Waals surface area contributed by atoms with Crippen LogP contribution in [-0.4, -0.2) is 0 Å². The molecule has 0 aromatic rings. The SMILES string of the molecule is C1CC12C[C@]21C[C@]12C[C@]21C[C@]12C[C@]21C[C@]12CC21CC1. The molecule has 9 aliphatic rings. The van der Waals surface area contributed by atoms with Gasteiger partial charge in [0.1, 0.15) is 0 Å². The molecule has 0 aromatic carbocycles. The lowest BCUT2D eigenvalue weighted by atomic mass is 10.1. The molecule has 0 heterocycles. The van der Waals surface area contributed by atoms with E-state index in [1.807, 2.05) is 0 Å². The molecule has 0 amide bonds. The van der Waals surface area contributed by atoms with Crippen molar-refractivity contribution in [2.24, 2.45) is 43.3 Å². The number of rotatable bonds is 0. The molecule has 19 heavy (non-hydrogen) atoms. The van der Waals surface area contributed by atoms with Crippen molar-refractivity contribution < 1.29 is 0 Å². The number of hydrogen-bond acceptors (Lipinski definition) is 0. The van der Waals surface area contributed by atoms with Crippen LogP contribution >= 0.6 is 0 Å². The molecule has 9 fully saturated rings. The van der Waals surface area contributed by atoms with Crippen LogP contribution in [0.1, 0.15) is 70.6 Å². The van der Waals surface area contributed by atoms with Crippen molar-refractivity contribution in [3.8, 4) is 0 Å². The summed E-state index contributed by atoms with van der Waals surface area (Å²) in [6.07, 6.45) is 18.6. The molecule has 0 aromatic heterocycles. The van der Waals surface area contributed by atoms with E-state index < -0.39 is 0 Å². The van der Waals surface area contributed by atoms with E-state index in [-0.39, 0.29) is 0 Å². The first-order valence-electron chi connectivity index (χ1n) is 9.11. The van der Waals surface area contributed by atoms with Crippen LogP contribution in [0.4, 0.5) is 0 Å². The molecule has 0 aliphatic heterocycles. The van der Waals surface area contributed by atoms with E-state index in [1.54, 1.807) is 70.6 Å². The minimum Gasteiger partial charge on any atom is -0.0465 e. The smallest absolute Gasteiger partial charge is 0.0161 e. The molecule has 0 nitrogen and oxygen atoms in total. The summed E-state index contributed by atoms with van der Waals surface area (Å²) < 4.78 is 0. The second kappa shape index (κ2) is 1.49. The predicted molar refractivity (Wildman–Crippen MR) is 70.3 cm³/mol. The fraction of sp³-hybridized carbons (Fsp3) is 1.00. The van der Waals surface area contributed by atoms with Crippen molar-refractivity contribution in [2.75, 3.05) is 0 Å². The monoisotopic (exact) mass is 250 g/mol. The van der Waals surface area contributed by atoms with E-state index in [9.17, 15) is 0 Å². The standard InChI is InChI=1S/C19H22/c1-2-12(1)5-14(12)7-16(14)9-18(16)11-19(18)10-17(19)8-15(17)6-13(15)3-4-13/h1-11H2/t14-,15-,16-,17-,18-,19-/m0/s1. The minimum atomic E-state index is 0.987. The maximum Gasteiger partial charge on any atom is -0.0161 e. The first-order chi connectivity index (χ1) is 9.11. The van der Waals surface area contributed by atoms with E-state index in [0.717, 1.165) is 43.3 Å². The third-order valence-corrected chi connectivity index (χ3v) is 11.7. The van der Waals surface area contributed by atoms with Crippen molar-refractivity contribution in [1.82, 2.24) is 0 Å². The highest BCUT2D eigenvalue weighted by atomic mass is 15.2. The third-order valence-electron chi connectivity index (χ3n) is 11.7. The molecule has 9 aliphatic carbocycles. The summed E-state index contributed by atoms with van der Waals surface area (Å²) >= 11 is 0. The fourth-order valence-electron chi connectivity index (χ4n) is 10.3. The maximum atomic E-state index is 1.73.